The zero-order valence-corrected chi connectivity index (χ0v) is 10.5. The van der Waals surface area contributed by atoms with E-state index in [0.717, 1.165) is 18.3 Å². The minimum absolute atomic E-state index is 0.0865. The maximum atomic E-state index is 13.2. The first-order chi connectivity index (χ1) is 7.63. The third-order valence-corrected chi connectivity index (χ3v) is 4.06. The van der Waals surface area contributed by atoms with E-state index >= 15 is 0 Å². The lowest BCUT2D eigenvalue weighted by atomic mass is 9.69. The van der Waals surface area contributed by atoms with E-state index in [4.69, 9.17) is 0 Å². The highest BCUT2D eigenvalue weighted by molar-refractivity contribution is 5.34. The molecule has 1 aromatic rings. The Labute approximate surface area is 97.9 Å². The Bertz CT molecular complexity index is 368. The molecule has 0 radical (unpaired) electrons. The first kappa shape index (κ1) is 11.6. The van der Waals surface area contributed by atoms with Crippen molar-refractivity contribution in [2.45, 2.75) is 46.0 Å². The summed E-state index contributed by atoms with van der Waals surface area (Å²) in [4.78, 5) is 0. The summed E-state index contributed by atoms with van der Waals surface area (Å²) in [5, 5.41) is 0. The molecule has 0 heterocycles. The van der Waals surface area contributed by atoms with Gasteiger partial charge in [0, 0.05) is 0 Å². The fourth-order valence-corrected chi connectivity index (χ4v) is 3.23. The summed E-state index contributed by atoms with van der Waals surface area (Å²) in [6, 6.07) is 5.35. The molecule has 0 bridgehead atoms. The topological polar surface area (TPSA) is 0 Å². The molecule has 0 saturated carbocycles. The zero-order chi connectivity index (χ0) is 11.7. The predicted octanol–water partition coefficient (Wildman–Crippen LogP) is 4.54. The Morgan fingerprint density at radius 1 is 1.38 bits per heavy atom. The summed E-state index contributed by atoms with van der Waals surface area (Å²) in [7, 11) is 0. The fourth-order valence-electron chi connectivity index (χ4n) is 3.23. The molecule has 0 fully saturated rings. The van der Waals surface area contributed by atoms with E-state index in [2.05, 4.69) is 20.8 Å². The van der Waals surface area contributed by atoms with Crippen LogP contribution in [0.4, 0.5) is 4.39 Å². The largest absolute Gasteiger partial charge is 0.207 e. The fraction of sp³-hybridized carbons (Fsp3) is 0.600. The summed E-state index contributed by atoms with van der Waals surface area (Å²) in [5.74, 6) is 2.03. The molecule has 0 saturated heterocycles. The van der Waals surface area contributed by atoms with Crippen LogP contribution in [0.5, 0.6) is 0 Å². The quantitative estimate of drug-likeness (QED) is 0.686. The van der Waals surface area contributed by atoms with Crippen molar-refractivity contribution in [3.8, 4) is 0 Å². The molecule has 1 aliphatic rings. The van der Waals surface area contributed by atoms with E-state index in [-0.39, 0.29) is 5.82 Å². The number of rotatable bonds is 2. The highest BCUT2D eigenvalue weighted by Crippen LogP contribution is 2.42. The lowest BCUT2D eigenvalue weighted by Crippen LogP contribution is -2.24. The predicted molar refractivity (Wildman–Crippen MR) is 66.1 cm³/mol. The van der Waals surface area contributed by atoms with Gasteiger partial charge in [0.25, 0.3) is 0 Å². The maximum Gasteiger partial charge on any atom is 0.123 e. The van der Waals surface area contributed by atoms with Gasteiger partial charge in [0.15, 0.2) is 0 Å². The van der Waals surface area contributed by atoms with E-state index in [9.17, 15) is 4.39 Å². The number of aryl methyl sites for hydroxylation is 1. The number of hydrogen-bond donors (Lipinski definition) is 0. The van der Waals surface area contributed by atoms with Crippen LogP contribution < -0.4 is 0 Å². The minimum Gasteiger partial charge on any atom is -0.207 e. The van der Waals surface area contributed by atoms with Gasteiger partial charge < -0.3 is 0 Å². The number of hydrogen-bond acceptors (Lipinski definition) is 0. The molecule has 1 heteroatoms. The maximum absolute atomic E-state index is 13.2. The van der Waals surface area contributed by atoms with Gasteiger partial charge in [0.1, 0.15) is 5.82 Å². The van der Waals surface area contributed by atoms with Gasteiger partial charge in [0.05, 0.1) is 0 Å². The van der Waals surface area contributed by atoms with Crippen LogP contribution in [-0.2, 0) is 6.42 Å². The smallest absolute Gasteiger partial charge is 0.123 e. The summed E-state index contributed by atoms with van der Waals surface area (Å²) >= 11 is 0. The average Bonchev–Trinajstić information content (AvgIpc) is 2.26. The van der Waals surface area contributed by atoms with Gasteiger partial charge in [-0.25, -0.2) is 4.39 Å². The Morgan fingerprint density at radius 2 is 2.12 bits per heavy atom. The van der Waals surface area contributed by atoms with Gasteiger partial charge in [-0.2, -0.15) is 0 Å². The standard InChI is InChI=1S/C15H21F/c1-4-13-14(10(2)3)7-5-11-9-12(16)6-8-15(11)13/h6,8-10,13-14H,4-5,7H2,1-3H3. The van der Waals surface area contributed by atoms with E-state index in [1.807, 2.05) is 6.07 Å². The normalized spacial score (nSPS) is 24.6. The zero-order valence-electron chi connectivity index (χ0n) is 10.5. The minimum atomic E-state index is -0.0865. The van der Waals surface area contributed by atoms with Crippen LogP contribution >= 0.6 is 0 Å². The van der Waals surface area contributed by atoms with Crippen molar-refractivity contribution in [1.29, 1.82) is 0 Å². The summed E-state index contributed by atoms with van der Waals surface area (Å²) in [5.41, 5.74) is 2.64. The third-order valence-electron chi connectivity index (χ3n) is 4.06. The van der Waals surface area contributed by atoms with Crippen molar-refractivity contribution < 1.29 is 4.39 Å². The number of benzene rings is 1. The van der Waals surface area contributed by atoms with Gasteiger partial charge >= 0.3 is 0 Å². The first-order valence-corrected chi connectivity index (χ1v) is 6.41. The van der Waals surface area contributed by atoms with Crippen molar-refractivity contribution in [3.63, 3.8) is 0 Å². The van der Waals surface area contributed by atoms with Crippen molar-refractivity contribution in [1.82, 2.24) is 0 Å². The van der Waals surface area contributed by atoms with Gasteiger partial charge in [-0.15, -0.1) is 0 Å². The van der Waals surface area contributed by atoms with E-state index in [1.165, 1.54) is 24.0 Å². The van der Waals surface area contributed by atoms with Gasteiger partial charge in [-0.1, -0.05) is 26.8 Å². The molecule has 2 atom stereocenters. The third kappa shape index (κ3) is 2.00. The molecule has 0 N–H and O–H groups in total. The first-order valence-electron chi connectivity index (χ1n) is 6.41. The van der Waals surface area contributed by atoms with Crippen molar-refractivity contribution in [3.05, 3.63) is 35.1 Å². The molecule has 2 unspecified atom stereocenters. The molecule has 16 heavy (non-hydrogen) atoms. The van der Waals surface area contributed by atoms with Gasteiger partial charge in [0.2, 0.25) is 0 Å². The van der Waals surface area contributed by atoms with E-state index < -0.39 is 0 Å². The highest BCUT2D eigenvalue weighted by Gasteiger charge is 2.30. The Hall–Kier alpha value is -0.850. The summed E-state index contributed by atoms with van der Waals surface area (Å²) in [6.07, 6.45) is 3.43. The number of halogens is 1. The van der Waals surface area contributed by atoms with Gasteiger partial charge in [-0.3, -0.25) is 0 Å². The molecular weight excluding hydrogens is 199 g/mol. The lowest BCUT2D eigenvalue weighted by Gasteiger charge is -2.35. The number of fused-ring (bicyclic) bond motifs is 1. The molecular formula is C15H21F. The van der Waals surface area contributed by atoms with E-state index in [0.29, 0.717) is 5.92 Å². The van der Waals surface area contributed by atoms with Crippen molar-refractivity contribution in [2.75, 3.05) is 0 Å². The molecule has 0 nitrogen and oxygen atoms in total. The van der Waals surface area contributed by atoms with Crippen LogP contribution in [-0.4, -0.2) is 0 Å². The Kier molecular flexibility index (Phi) is 3.32. The second-order valence-corrected chi connectivity index (χ2v) is 5.30. The van der Waals surface area contributed by atoms with E-state index in [1.54, 1.807) is 12.1 Å². The van der Waals surface area contributed by atoms with Crippen molar-refractivity contribution in [2.24, 2.45) is 11.8 Å². The molecule has 0 aliphatic heterocycles. The molecule has 0 spiro atoms. The molecule has 1 aliphatic carbocycles. The van der Waals surface area contributed by atoms with Crippen LogP contribution in [0.1, 0.15) is 50.7 Å². The summed E-state index contributed by atoms with van der Waals surface area (Å²) in [6.45, 7) is 6.86. The SMILES string of the molecule is CCC1c2ccc(F)cc2CCC1C(C)C. The highest BCUT2D eigenvalue weighted by atomic mass is 19.1. The second-order valence-electron chi connectivity index (χ2n) is 5.30. The van der Waals surface area contributed by atoms with Crippen LogP contribution in [0.15, 0.2) is 18.2 Å². The lowest BCUT2D eigenvalue weighted by molar-refractivity contribution is 0.276. The molecule has 88 valence electrons. The molecule has 0 aromatic heterocycles. The van der Waals surface area contributed by atoms with Crippen LogP contribution in [0.3, 0.4) is 0 Å². The average molecular weight is 220 g/mol. The summed E-state index contributed by atoms with van der Waals surface area (Å²) < 4.78 is 13.2. The van der Waals surface area contributed by atoms with Crippen molar-refractivity contribution >= 4 is 0 Å². The Morgan fingerprint density at radius 3 is 2.75 bits per heavy atom. The second kappa shape index (κ2) is 4.57. The van der Waals surface area contributed by atoms with Gasteiger partial charge in [-0.05, 0) is 60.3 Å². The van der Waals surface area contributed by atoms with Crippen LogP contribution in [0.25, 0.3) is 0 Å². The van der Waals surface area contributed by atoms with Crippen LogP contribution in [0, 0.1) is 17.7 Å². The monoisotopic (exact) mass is 220 g/mol. The molecule has 0 amide bonds. The Balaban J connectivity index is 2.37. The molecule has 1 aromatic carbocycles. The molecule has 2 rings (SSSR count). The van der Waals surface area contributed by atoms with Crippen LogP contribution in [0.2, 0.25) is 0 Å².